The summed E-state index contributed by atoms with van der Waals surface area (Å²) in [6, 6.07) is 13.1. The molecule has 0 unspecified atom stereocenters. The lowest BCUT2D eigenvalue weighted by Crippen LogP contribution is -2.02. The number of benzene rings is 7. The van der Waals surface area contributed by atoms with Gasteiger partial charge in [-0.3, -0.25) is 0 Å². The van der Waals surface area contributed by atoms with E-state index >= 15 is 0 Å². The second-order valence-corrected chi connectivity index (χ2v) is 10.9. The number of hydrogen-bond donors (Lipinski definition) is 0. The van der Waals surface area contributed by atoms with Crippen molar-refractivity contribution < 1.29 is 21.9 Å². The molecule has 0 N–H and O–H groups in total. The minimum absolute atomic E-state index is 0.0934. The Morgan fingerprint density at radius 3 is 1.67 bits per heavy atom. The lowest BCUT2D eigenvalue weighted by molar-refractivity contribution is 1.07. The van der Waals surface area contributed by atoms with Crippen molar-refractivity contribution in [1.82, 2.24) is 19.5 Å². The highest BCUT2D eigenvalue weighted by molar-refractivity contribution is 6.13. The Labute approximate surface area is 307 Å². The highest BCUT2D eigenvalue weighted by atomic mass is 15.0. The van der Waals surface area contributed by atoms with Crippen LogP contribution in [-0.2, 0) is 0 Å². The van der Waals surface area contributed by atoms with Gasteiger partial charge in [0.15, 0.2) is 17.5 Å². The molecule has 4 nitrogen and oxygen atoms in total. The number of aromatic nitrogens is 4. The van der Waals surface area contributed by atoms with Crippen molar-refractivity contribution in [2.75, 3.05) is 0 Å². The summed E-state index contributed by atoms with van der Waals surface area (Å²) >= 11 is 0. The topological polar surface area (TPSA) is 43.6 Å². The van der Waals surface area contributed by atoms with Gasteiger partial charge in [-0.15, -0.1) is 0 Å². The van der Waals surface area contributed by atoms with E-state index in [0.29, 0.717) is 11.1 Å². The second-order valence-electron chi connectivity index (χ2n) is 10.9. The van der Waals surface area contributed by atoms with Crippen molar-refractivity contribution in [2.45, 2.75) is 0 Å². The van der Waals surface area contributed by atoms with Crippen molar-refractivity contribution in [2.24, 2.45) is 0 Å². The molecule has 0 amide bonds. The maximum absolute atomic E-state index is 9.52. The number of fused-ring (bicyclic) bond motifs is 3. The SMILES string of the molecule is [2H]c1c([2H])c([2H])c(-c2c([2H])c([2H])c([2H])c([2H])c2-n2c3c([2H])c([2H])c([2H])c([2H])c3c3c([2H])c([2H])c([2H])c(-c4nc(-c5ccccc5)nc(-c5ccc(-c6ccccc6)cc5)n4)c32)c([2H])c1[2H]. The van der Waals surface area contributed by atoms with Crippen LogP contribution in [0.3, 0.4) is 0 Å². The minimum atomic E-state index is -0.863. The summed E-state index contributed by atoms with van der Waals surface area (Å²) in [4.78, 5) is 14.4. The zero-order valence-electron chi connectivity index (χ0n) is 41.4. The van der Waals surface area contributed by atoms with Gasteiger partial charge >= 0.3 is 0 Å². The second kappa shape index (κ2) is 12.2. The monoisotopic (exact) mass is 642 g/mol. The highest BCUT2D eigenvalue weighted by Crippen LogP contribution is 2.40. The average molecular weight is 643 g/mol. The number of hydrogen-bond acceptors (Lipinski definition) is 3. The Balaban J connectivity index is 1.51. The number of para-hydroxylation sites is 3. The third kappa shape index (κ3) is 5.16. The first-order valence-corrected chi connectivity index (χ1v) is 15.2. The van der Waals surface area contributed by atoms with Gasteiger partial charge in [0.2, 0.25) is 0 Å². The van der Waals surface area contributed by atoms with Crippen molar-refractivity contribution in [3.05, 3.63) is 182 Å². The maximum atomic E-state index is 9.52. The third-order valence-electron chi connectivity index (χ3n) is 8.00. The fourth-order valence-electron chi connectivity index (χ4n) is 5.76. The first kappa shape index (κ1) is 16.4. The van der Waals surface area contributed by atoms with Crippen molar-refractivity contribution >= 4 is 21.8 Å². The zero-order valence-corrected chi connectivity index (χ0v) is 25.4. The van der Waals surface area contributed by atoms with Gasteiger partial charge in [-0.2, -0.15) is 0 Å². The molecule has 0 atom stereocenters. The number of nitrogens with zero attached hydrogens (tertiary/aromatic N) is 4. The average Bonchev–Trinajstić information content (AvgIpc) is 3.67. The fraction of sp³-hybridized carbons (Fsp3) is 0. The van der Waals surface area contributed by atoms with Gasteiger partial charge < -0.3 is 4.57 Å². The van der Waals surface area contributed by atoms with Crippen LogP contribution in [0.5, 0.6) is 0 Å². The molecule has 7 aromatic carbocycles. The molecule has 0 fully saturated rings. The first-order chi connectivity index (χ1) is 31.0. The van der Waals surface area contributed by atoms with Crippen LogP contribution in [-0.4, -0.2) is 19.5 Å². The summed E-state index contributed by atoms with van der Waals surface area (Å²) < 4.78 is 144. The lowest BCUT2D eigenvalue weighted by Gasteiger charge is -2.16. The molecule has 230 valence electrons. The highest BCUT2D eigenvalue weighted by Gasteiger charge is 2.21. The fourth-order valence-corrected chi connectivity index (χ4v) is 5.76. The predicted octanol–water partition coefficient (Wildman–Crippen LogP) is 11.3. The van der Waals surface area contributed by atoms with Crippen LogP contribution in [0.15, 0.2) is 182 Å². The van der Waals surface area contributed by atoms with Crippen LogP contribution >= 0.6 is 0 Å². The van der Waals surface area contributed by atoms with Crippen LogP contribution in [0.4, 0.5) is 0 Å². The molecule has 9 rings (SSSR count). The van der Waals surface area contributed by atoms with E-state index in [1.807, 2.05) is 42.5 Å². The Kier molecular flexibility index (Phi) is 4.09. The van der Waals surface area contributed by atoms with E-state index in [-0.39, 0.29) is 39.3 Å². The molecule has 0 saturated heterocycles. The molecule has 0 bridgehead atoms. The summed E-state index contributed by atoms with van der Waals surface area (Å²) in [5, 5.41) is -0.697. The molecule has 0 saturated carbocycles. The molecule has 4 heteroatoms. The summed E-state index contributed by atoms with van der Waals surface area (Å²) in [6.45, 7) is 0. The van der Waals surface area contributed by atoms with Crippen LogP contribution < -0.4 is 0 Å². The van der Waals surface area contributed by atoms with E-state index in [4.69, 9.17) is 28.7 Å². The van der Waals surface area contributed by atoms with Gasteiger partial charge in [-0.1, -0.05) is 163 Å². The third-order valence-corrected chi connectivity index (χ3v) is 8.00. The van der Waals surface area contributed by atoms with E-state index in [2.05, 4.69) is 0 Å². The molecule has 9 aromatic rings. The van der Waals surface area contributed by atoms with Crippen LogP contribution in [0.25, 0.3) is 83.9 Å². The van der Waals surface area contributed by atoms with E-state index in [0.717, 1.165) is 15.7 Å². The first-order valence-electron chi connectivity index (χ1n) is 23.2. The summed E-state index contributed by atoms with van der Waals surface area (Å²) in [6.07, 6.45) is 0. The Bertz CT molecular complexity index is 3460. The van der Waals surface area contributed by atoms with Gasteiger partial charge in [0.05, 0.1) is 38.7 Å². The smallest absolute Gasteiger partial charge is 0.166 e. The van der Waals surface area contributed by atoms with E-state index in [9.17, 15) is 8.22 Å². The maximum Gasteiger partial charge on any atom is 0.166 e. The molecular formula is C45H30N4. The van der Waals surface area contributed by atoms with Crippen molar-refractivity contribution in [3.63, 3.8) is 0 Å². The molecule has 0 spiro atoms. The summed E-state index contributed by atoms with van der Waals surface area (Å²) in [5.74, 6) is -0.0926. The molecule has 0 aliphatic carbocycles. The van der Waals surface area contributed by atoms with E-state index < -0.39 is 119 Å². The Hall–Kier alpha value is -6.65. The zero-order chi connectivity index (χ0) is 46.5. The molecule has 2 aromatic heterocycles. The van der Waals surface area contributed by atoms with E-state index in [1.54, 1.807) is 42.5 Å². The van der Waals surface area contributed by atoms with Gasteiger partial charge in [-0.25, -0.2) is 15.0 Å². The molecule has 2 heterocycles. The van der Waals surface area contributed by atoms with Gasteiger partial charge in [0.1, 0.15) is 0 Å². The van der Waals surface area contributed by atoms with Crippen LogP contribution in [0.2, 0.25) is 0 Å². The Morgan fingerprint density at radius 2 is 0.918 bits per heavy atom. The summed E-state index contributed by atoms with van der Waals surface area (Å²) in [5.41, 5.74) is -0.243. The van der Waals surface area contributed by atoms with Crippen LogP contribution in [0.1, 0.15) is 21.9 Å². The largest absolute Gasteiger partial charge is 0.308 e. The summed E-state index contributed by atoms with van der Waals surface area (Å²) in [7, 11) is 0. The quantitative estimate of drug-likeness (QED) is 0.181. The van der Waals surface area contributed by atoms with Gasteiger partial charge in [0, 0.05) is 33.0 Å². The van der Waals surface area contributed by atoms with Crippen LogP contribution in [0, 0.1) is 0 Å². The normalized spacial score (nSPS) is 15.8. The van der Waals surface area contributed by atoms with Gasteiger partial charge in [0.25, 0.3) is 0 Å². The van der Waals surface area contributed by atoms with Gasteiger partial charge in [-0.05, 0) is 34.8 Å². The predicted molar refractivity (Wildman–Crippen MR) is 201 cm³/mol. The number of rotatable bonds is 6. The van der Waals surface area contributed by atoms with E-state index in [1.165, 1.54) is 0 Å². The molecule has 0 aliphatic heterocycles. The molecule has 0 aliphatic rings. The lowest BCUT2D eigenvalue weighted by atomic mass is 10.0. The van der Waals surface area contributed by atoms with Crippen molar-refractivity contribution in [3.8, 4) is 62.1 Å². The molecular weight excluding hydrogens is 597 g/mol. The minimum Gasteiger partial charge on any atom is -0.308 e. The standard InChI is InChI=1S/C45H30N4/c1-4-15-31(16-5-1)32-27-29-35(30-28-32)44-46-43(34-19-8-3-9-20-34)47-45(48-44)39-24-14-23-38-37-22-11-13-26-41(37)49(42(38)39)40-25-12-10-21-36(40)33-17-6-2-7-18-33/h1-30H/i2D,6D,7D,10D,11D,12D,13D,14D,17D,18D,21D,22D,23D,24D,25D,26D. The van der Waals surface area contributed by atoms with Crippen molar-refractivity contribution in [1.29, 1.82) is 0 Å². The molecule has 0 radical (unpaired) electrons. The Morgan fingerprint density at radius 1 is 0.388 bits per heavy atom. The molecule has 49 heavy (non-hydrogen) atoms.